The zero-order valence-corrected chi connectivity index (χ0v) is 6.76. The van der Waals surface area contributed by atoms with Gasteiger partial charge in [-0.25, -0.2) is 9.37 Å². The van der Waals surface area contributed by atoms with Crippen molar-refractivity contribution in [3.63, 3.8) is 0 Å². The number of Topliss-reactive ketones (excluding diaryl/α,β-unsaturated/α-hetero) is 1. The molecule has 0 aromatic carbocycles. The summed E-state index contributed by atoms with van der Waals surface area (Å²) in [6.45, 7) is 3.33. The van der Waals surface area contributed by atoms with Gasteiger partial charge in [-0.3, -0.25) is 4.79 Å². The Labute approximate surface area is 73.9 Å². The van der Waals surface area contributed by atoms with Crippen LogP contribution in [-0.2, 0) is 0 Å². The van der Waals surface area contributed by atoms with Crippen molar-refractivity contribution in [2.45, 2.75) is 6.42 Å². The Morgan fingerprint density at radius 1 is 1.62 bits per heavy atom. The number of carbonyl (C=O) groups is 1. The van der Waals surface area contributed by atoms with Gasteiger partial charge in [0, 0.05) is 12.5 Å². The molecule has 0 radical (unpaired) electrons. The van der Waals surface area contributed by atoms with Gasteiger partial charge in [0.1, 0.15) is 0 Å². The third-order valence-corrected chi connectivity index (χ3v) is 1.45. The van der Waals surface area contributed by atoms with Crippen molar-refractivity contribution in [1.29, 1.82) is 0 Å². The number of rotatable bonds is 3. The van der Waals surface area contributed by atoms with Gasteiger partial charge < -0.3 is 0 Å². The second-order valence-corrected chi connectivity index (χ2v) is 2.40. The van der Waals surface area contributed by atoms with Gasteiger partial charge in [-0.1, -0.05) is 6.08 Å². The lowest BCUT2D eigenvalue weighted by molar-refractivity contribution is 0.0991. The molecule has 2 nitrogen and oxygen atoms in total. The van der Waals surface area contributed by atoms with Crippen LogP contribution in [0.1, 0.15) is 16.8 Å². The van der Waals surface area contributed by atoms with Gasteiger partial charge in [0.2, 0.25) is 5.95 Å². The maximum atomic E-state index is 12.9. The lowest BCUT2D eigenvalue weighted by Gasteiger charge is -1.98. The minimum atomic E-state index is -0.867. The number of nitrogens with zero attached hydrogens (tertiary/aromatic N) is 1. The van der Waals surface area contributed by atoms with E-state index in [4.69, 9.17) is 0 Å². The molecule has 0 aliphatic rings. The molecule has 0 unspecified atom stereocenters. The first-order chi connectivity index (χ1) is 6.15. The van der Waals surface area contributed by atoms with Gasteiger partial charge in [-0.2, -0.15) is 4.39 Å². The molecule has 0 amide bonds. The highest BCUT2D eigenvalue weighted by Crippen LogP contribution is 2.09. The molecular formula is C9H7F2NO. The van der Waals surface area contributed by atoms with Crippen molar-refractivity contribution in [2.75, 3.05) is 0 Å². The minimum absolute atomic E-state index is 0.0135. The highest BCUT2D eigenvalue weighted by molar-refractivity contribution is 5.97. The Kier molecular flexibility index (Phi) is 2.84. The fourth-order valence-corrected chi connectivity index (χ4v) is 0.868. The summed E-state index contributed by atoms with van der Waals surface area (Å²) in [5.41, 5.74) is -0.285. The van der Waals surface area contributed by atoms with Gasteiger partial charge in [-0.15, -0.1) is 6.58 Å². The molecule has 1 heterocycles. The molecule has 68 valence electrons. The summed E-state index contributed by atoms with van der Waals surface area (Å²) in [7, 11) is 0. The first kappa shape index (κ1) is 9.51. The number of hydrogen-bond donors (Lipinski definition) is 0. The number of hydrogen-bond acceptors (Lipinski definition) is 2. The Balaban J connectivity index is 3.05. The fraction of sp³-hybridized carbons (Fsp3) is 0.111. The van der Waals surface area contributed by atoms with Crippen LogP contribution in [0.5, 0.6) is 0 Å². The summed E-state index contributed by atoms with van der Waals surface area (Å²) in [5.74, 6) is -2.18. The molecular weight excluding hydrogens is 176 g/mol. The van der Waals surface area contributed by atoms with E-state index in [-0.39, 0.29) is 12.0 Å². The monoisotopic (exact) mass is 183 g/mol. The van der Waals surface area contributed by atoms with Crippen LogP contribution in [0.25, 0.3) is 0 Å². The van der Waals surface area contributed by atoms with E-state index >= 15 is 0 Å². The third kappa shape index (κ3) is 2.18. The summed E-state index contributed by atoms with van der Waals surface area (Å²) >= 11 is 0. The average Bonchev–Trinajstić information content (AvgIpc) is 2.09. The Morgan fingerprint density at radius 2 is 2.31 bits per heavy atom. The molecule has 0 aliphatic carbocycles. The largest absolute Gasteiger partial charge is 0.294 e. The molecule has 4 heteroatoms. The van der Waals surface area contributed by atoms with Gasteiger partial charge >= 0.3 is 0 Å². The van der Waals surface area contributed by atoms with Crippen molar-refractivity contribution >= 4 is 5.78 Å². The van der Waals surface area contributed by atoms with Crippen molar-refractivity contribution in [2.24, 2.45) is 0 Å². The van der Waals surface area contributed by atoms with Crippen LogP contribution in [0, 0.1) is 11.8 Å². The Hall–Kier alpha value is -1.58. The van der Waals surface area contributed by atoms with Crippen molar-refractivity contribution in [3.05, 3.63) is 42.2 Å². The Bertz CT molecular complexity index is 349. The van der Waals surface area contributed by atoms with Gasteiger partial charge in [0.15, 0.2) is 11.6 Å². The number of pyridine rings is 1. The van der Waals surface area contributed by atoms with Crippen LogP contribution in [-0.4, -0.2) is 10.8 Å². The van der Waals surface area contributed by atoms with Gasteiger partial charge in [-0.05, 0) is 0 Å². The lowest BCUT2D eigenvalue weighted by Crippen LogP contribution is -2.02. The number of allylic oxidation sites excluding steroid dienone is 1. The van der Waals surface area contributed by atoms with Crippen LogP contribution >= 0.6 is 0 Å². The maximum Gasteiger partial charge on any atom is 0.213 e. The number of ketones is 1. The predicted molar refractivity (Wildman–Crippen MR) is 43.3 cm³/mol. The lowest BCUT2D eigenvalue weighted by atomic mass is 10.1. The molecule has 0 saturated heterocycles. The highest BCUT2D eigenvalue weighted by Gasteiger charge is 2.11. The van der Waals surface area contributed by atoms with Crippen LogP contribution < -0.4 is 0 Å². The van der Waals surface area contributed by atoms with E-state index in [1.165, 1.54) is 6.08 Å². The summed E-state index contributed by atoms with van der Waals surface area (Å²) in [6, 6.07) is 0.779. The molecule has 1 rings (SSSR count). The standard InChI is InChI=1S/C9H7F2NO/c1-2-3-8(13)6-4-9(11)12-5-7(6)10/h2,4-5H,1,3H2. The average molecular weight is 183 g/mol. The van der Waals surface area contributed by atoms with Crippen LogP contribution in [0.2, 0.25) is 0 Å². The molecule has 0 bridgehead atoms. The predicted octanol–water partition coefficient (Wildman–Crippen LogP) is 2.12. The zero-order chi connectivity index (χ0) is 9.84. The van der Waals surface area contributed by atoms with Crippen LogP contribution in [0.4, 0.5) is 8.78 Å². The van der Waals surface area contributed by atoms with Crippen LogP contribution in [0.3, 0.4) is 0 Å². The number of carbonyl (C=O) groups excluding carboxylic acids is 1. The molecule has 1 aromatic rings. The third-order valence-electron chi connectivity index (χ3n) is 1.45. The first-order valence-electron chi connectivity index (χ1n) is 3.60. The summed E-state index contributed by atoms with van der Waals surface area (Å²) in [6.07, 6.45) is 2.01. The number of halogens is 2. The summed E-state index contributed by atoms with van der Waals surface area (Å²) in [4.78, 5) is 14.2. The van der Waals surface area contributed by atoms with E-state index in [1.54, 1.807) is 0 Å². The molecule has 0 N–H and O–H groups in total. The van der Waals surface area contributed by atoms with Gasteiger partial charge in [0.05, 0.1) is 11.8 Å². The molecule has 0 aliphatic heterocycles. The maximum absolute atomic E-state index is 12.9. The van der Waals surface area contributed by atoms with E-state index in [9.17, 15) is 13.6 Å². The van der Waals surface area contributed by atoms with Gasteiger partial charge in [0.25, 0.3) is 0 Å². The quantitative estimate of drug-likeness (QED) is 0.408. The molecule has 0 fully saturated rings. The van der Waals surface area contributed by atoms with E-state index in [1.807, 2.05) is 0 Å². The molecule has 0 saturated carbocycles. The summed E-state index contributed by atoms with van der Waals surface area (Å²) < 4.78 is 25.4. The summed E-state index contributed by atoms with van der Waals surface area (Å²) in [5, 5.41) is 0. The molecule has 0 atom stereocenters. The van der Waals surface area contributed by atoms with E-state index in [2.05, 4.69) is 11.6 Å². The minimum Gasteiger partial charge on any atom is -0.294 e. The van der Waals surface area contributed by atoms with Crippen molar-refractivity contribution in [3.8, 4) is 0 Å². The topological polar surface area (TPSA) is 30.0 Å². The molecule has 1 aromatic heterocycles. The normalized spacial score (nSPS) is 9.69. The SMILES string of the molecule is C=CCC(=O)c1cc(F)ncc1F. The van der Waals surface area contributed by atoms with Crippen molar-refractivity contribution < 1.29 is 13.6 Å². The Morgan fingerprint density at radius 3 is 2.92 bits per heavy atom. The van der Waals surface area contributed by atoms with E-state index in [0.717, 1.165) is 6.07 Å². The van der Waals surface area contributed by atoms with Crippen LogP contribution in [0.15, 0.2) is 24.9 Å². The fourth-order valence-electron chi connectivity index (χ4n) is 0.868. The smallest absolute Gasteiger partial charge is 0.213 e. The van der Waals surface area contributed by atoms with E-state index < -0.39 is 17.5 Å². The molecule has 0 spiro atoms. The van der Waals surface area contributed by atoms with Crippen molar-refractivity contribution in [1.82, 2.24) is 4.98 Å². The second kappa shape index (κ2) is 3.89. The first-order valence-corrected chi connectivity index (χ1v) is 3.60. The number of aromatic nitrogens is 1. The second-order valence-electron chi connectivity index (χ2n) is 2.40. The van der Waals surface area contributed by atoms with E-state index in [0.29, 0.717) is 6.20 Å². The zero-order valence-electron chi connectivity index (χ0n) is 6.76. The molecule has 13 heavy (non-hydrogen) atoms. The highest BCUT2D eigenvalue weighted by atomic mass is 19.1.